The molecule has 0 bridgehead atoms. The summed E-state index contributed by atoms with van der Waals surface area (Å²) in [6.07, 6.45) is -0.573. The van der Waals surface area contributed by atoms with E-state index in [1.165, 1.54) is 5.56 Å². The molecular weight excluding hydrogens is 316 g/mol. The van der Waals surface area contributed by atoms with E-state index in [4.69, 9.17) is 5.73 Å². The van der Waals surface area contributed by atoms with Crippen LogP contribution in [0.1, 0.15) is 17.2 Å². The maximum absolute atomic E-state index is 10.3. The molecule has 0 radical (unpaired) electrons. The number of aliphatic hydroxyl groups excluding tert-OH is 1. The quantitative estimate of drug-likeness (QED) is 0.825. The normalized spacial score (nSPS) is 12.6. The van der Waals surface area contributed by atoms with Gasteiger partial charge in [-0.25, -0.2) is 0 Å². The molecule has 2 aromatic rings. The predicted molar refractivity (Wildman–Crippen MR) is 86.3 cm³/mol. The van der Waals surface area contributed by atoms with Crippen LogP contribution in [0.3, 0.4) is 0 Å². The average molecular weight is 335 g/mol. The van der Waals surface area contributed by atoms with Crippen molar-refractivity contribution in [3.63, 3.8) is 0 Å². The number of likely N-dealkylation sites (N-methyl/N-ethyl adjacent to an activating group) is 1. The number of rotatable bonds is 5. The molecule has 106 valence electrons. The van der Waals surface area contributed by atoms with Crippen LogP contribution in [0.4, 0.5) is 5.69 Å². The van der Waals surface area contributed by atoms with Gasteiger partial charge in [-0.1, -0.05) is 46.3 Å². The molecule has 0 saturated carbocycles. The second-order valence-electron chi connectivity index (χ2n) is 4.97. The first-order valence-corrected chi connectivity index (χ1v) is 7.31. The molecule has 0 aliphatic rings. The number of nitrogens with zero attached hydrogens (tertiary/aromatic N) is 1. The minimum Gasteiger partial charge on any atom is -0.398 e. The Kier molecular flexibility index (Phi) is 5.17. The van der Waals surface area contributed by atoms with Crippen LogP contribution in [0.5, 0.6) is 0 Å². The van der Waals surface area contributed by atoms with Gasteiger partial charge in [0.25, 0.3) is 0 Å². The molecule has 0 spiro atoms. The topological polar surface area (TPSA) is 49.5 Å². The van der Waals surface area contributed by atoms with Crippen molar-refractivity contribution >= 4 is 21.6 Å². The van der Waals surface area contributed by atoms with Gasteiger partial charge < -0.3 is 10.8 Å². The first-order valence-electron chi connectivity index (χ1n) is 6.51. The van der Waals surface area contributed by atoms with Gasteiger partial charge in [0.15, 0.2) is 0 Å². The largest absolute Gasteiger partial charge is 0.398 e. The van der Waals surface area contributed by atoms with Crippen molar-refractivity contribution in [2.45, 2.75) is 12.6 Å². The number of hydrogen-bond acceptors (Lipinski definition) is 3. The highest BCUT2D eigenvalue weighted by Crippen LogP contribution is 2.21. The summed E-state index contributed by atoms with van der Waals surface area (Å²) in [6, 6.07) is 15.6. The van der Waals surface area contributed by atoms with E-state index in [1.54, 1.807) is 0 Å². The molecule has 3 N–H and O–H groups in total. The molecular formula is C16H19BrN2O. The van der Waals surface area contributed by atoms with E-state index in [2.05, 4.69) is 33.0 Å². The molecule has 2 rings (SSSR count). The number of para-hydroxylation sites is 1. The average Bonchev–Trinajstić information content (AvgIpc) is 2.41. The zero-order valence-electron chi connectivity index (χ0n) is 11.5. The molecule has 0 heterocycles. The van der Waals surface area contributed by atoms with Gasteiger partial charge in [0.1, 0.15) is 0 Å². The number of hydrogen-bond donors (Lipinski definition) is 2. The summed E-state index contributed by atoms with van der Waals surface area (Å²) in [5.41, 5.74) is 8.52. The van der Waals surface area contributed by atoms with Crippen molar-refractivity contribution in [1.29, 1.82) is 0 Å². The minimum absolute atomic E-state index is 0.546. The van der Waals surface area contributed by atoms with Crippen LogP contribution in [-0.2, 0) is 6.54 Å². The summed E-state index contributed by atoms with van der Waals surface area (Å²) in [5, 5.41) is 10.3. The predicted octanol–water partition coefficient (Wildman–Crippen LogP) is 3.20. The van der Waals surface area contributed by atoms with Crippen molar-refractivity contribution in [2.75, 3.05) is 19.3 Å². The van der Waals surface area contributed by atoms with Crippen LogP contribution >= 0.6 is 15.9 Å². The summed E-state index contributed by atoms with van der Waals surface area (Å²) in [7, 11) is 1.99. The van der Waals surface area contributed by atoms with E-state index >= 15 is 0 Å². The molecule has 4 heteroatoms. The first kappa shape index (κ1) is 15.0. The maximum Gasteiger partial charge on any atom is 0.0936 e. The zero-order valence-corrected chi connectivity index (χ0v) is 13.0. The molecule has 0 fully saturated rings. The van der Waals surface area contributed by atoms with Gasteiger partial charge >= 0.3 is 0 Å². The number of anilines is 1. The van der Waals surface area contributed by atoms with E-state index in [1.807, 2.05) is 43.4 Å². The standard InChI is InChI=1S/C16H19BrN2O/c1-19(10-12-6-8-13(17)9-7-12)11-16(20)14-4-2-3-5-15(14)18/h2-9,16,20H,10-11,18H2,1H3. The number of nitrogens with two attached hydrogens (primary N) is 1. The maximum atomic E-state index is 10.3. The summed E-state index contributed by atoms with van der Waals surface area (Å²) in [4.78, 5) is 2.08. The third kappa shape index (κ3) is 4.07. The highest BCUT2D eigenvalue weighted by molar-refractivity contribution is 9.10. The van der Waals surface area contributed by atoms with Crippen LogP contribution in [-0.4, -0.2) is 23.6 Å². The fraction of sp³-hybridized carbons (Fsp3) is 0.250. The van der Waals surface area contributed by atoms with E-state index in [9.17, 15) is 5.11 Å². The fourth-order valence-corrected chi connectivity index (χ4v) is 2.44. The minimum atomic E-state index is -0.573. The van der Waals surface area contributed by atoms with Gasteiger partial charge in [-0.3, -0.25) is 4.90 Å². The van der Waals surface area contributed by atoms with E-state index in [-0.39, 0.29) is 0 Å². The Balaban J connectivity index is 1.96. The highest BCUT2D eigenvalue weighted by Gasteiger charge is 2.13. The number of nitrogen functional groups attached to an aromatic ring is 1. The molecule has 0 aliphatic heterocycles. The summed E-state index contributed by atoms with van der Waals surface area (Å²) in [5.74, 6) is 0. The Morgan fingerprint density at radius 2 is 1.80 bits per heavy atom. The van der Waals surface area contributed by atoms with Crippen LogP contribution in [0, 0.1) is 0 Å². The number of benzene rings is 2. The van der Waals surface area contributed by atoms with Gasteiger partial charge in [0.05, 0.1) is 6.10 Å². The fourth-order valence-electron chi connectivity index (χ4n) is 2.17. The van der Waals surface area contributed by atoms with Gasteiger partial charge in [-0.05, 0) is 30.8 Å². The lowest BCUT2D eigenvalue weighted by Gasteiger charge is -2.21. The molecule has 1 unspecified atom stereocenters. The third-order valence-electron chi connectivity index (χ3n) is 3.21. The SMILES string of the molecule is CN(Cc1ccc(Br)cc1)CC(O)c1ccccc1N. The Morgan fingerprint density at radius 1 is 1.15 bits per heavy atom. The molecule has 1 atom stereocenters. The van der Waals surface area contributed by atoms with Crippen molar-refractivity contribution in [3.05, 3.63) is 64.1 Å². The Hall–Kier alpha value is -1.36. The van der Waals surface area contributed by atoms with Gasteiger partial charge in [-0.2, -0.15) is 0 Å². The Labute approximate surface area is 128 Å². The van der Waals surface area contributed by atoms with Crippen LogP contribution in [0.25, 0.3) is 0 Å². The number of halogens is 1. The van der Waals surface area contributed by atoms with Crippen molar-refractivity contribution in [3.8, 4) is 0 Å². The molecule has 3 nitrogen and oxygen atoms in total. The lowest BCUT2D eigenvalue weighted by atomic mass is 10.1. The molecule has 0 aliphatic carbocycles. The van der Waals surface area contributed by atoms with Gasteiger partial charge in [0, 0.05) is 28.8 Å². The van der Waals surface area contributed by atoms with Gasteiger partial charge in [0.2, 0.25) is 0 Å². The summed E-state index contributed by atoms with van der Waals surface area (Å²) < 4.78 is 1.07. The Morgan fingerprint density at radius 3 is 2.45 bits per heavy atom. The smallest absolute Gasteiger partial charge is 0.0936 e. The zero-order chi connectivity index (χ0) is 14.5. The number of aliphatic hydroxyl groups is 1. The molecule has 0 amide bonds. The molecule has 20 heavy (non-hydrogen) atoms. The van der Waals surface area contributed by atoms with Crippen molar-refractivity contribution in [1.82, 2.24) is 4.90 Å². The van der Waals surface area contributed by atoms with Crippen LogP contribution in [0.2, 0.25) is 0 Å². The lowest BCUT2D eigenvalue weighted by Crippen LogP contribution is -2.24. The summed E-state index contributed by atoms with van der Waals surface area (Å²) in [6.45, 7) is 1.33. The second kappa shape index (κ2) is 6.88. The van der Waals surface area contributed by atoms with E-state index < -0.39 is 6.10 Å². The molecule has 2 aromatic carbocycles. The highest BCUT2D eigenvalue weighted by atomic mass is 79.9. The first-order chi connectivity index (χ1) is 9.56. The van der Waals surface area contributed by atoms with E-state index in [0.29, 0.717) is 12.2 Å². The van der Waals surface area contributed by atoms with Crippen molar-refractivity contribution in [2.24, 2.45) is 0 Å². The third-order valence-corrected chi connectivity index (χ3v) is 3.73. The lowest BCUT2D eigenvalue weighted by molar-refractivity contribution is 0.124. The monoisotopic (exact) mass is 334 g/mol. The van der Waals surface area contributed by atoms with Crippen LogP contribution < -0.4 is 5.73 Å². The molecule has 0 aromatic heterocycles. The second-order valence-corrected chi connectivity index (χ2v) is 5.88. The van der Waals surface area contributed by atoms with E-state index in [0.717, 1.165) is 16.6 Å². The Bertz CT molecular complexity index is 557. The van der Waals surface area contributed by atoms with Gasteiger partial charge in [-0.15, -0.1) is 0 Å². The summed E-state index contributed by atoms with van der Waals surface area (Å²) >= 11 is 3.42. The van der Waals surface area contributed by atoms with Crippen LogP contribution in [0.15, 0.2) is 53.0 Å². The molecule has 0 saturated heterocycles. The van der Waals surface area contributed by atoms with Crippen molar-refractivity contribution < 1.29 is 5.11 Å².